The van der Waals surface area contributed by atoms with E-state index in [1.807, 2.05) is 6.07 Å². The van der Waals surface area contributed by atoms with Crippen LogP contribution in [0.1, 0.15) is 0 Å². The highest BCUT2D eigenvalue weighted by Crippen LogP contribution is 2.16. The second kappa shape index (κ2) is 4.56. The highest BCUT2D eigenvalue weighted by Gasteiger charge is 2.08. The molecule has 0 radical (unpaired) electrons. The lowest BCUT2D eigenvalue weighted by Gasteiger charge is -2.00. The number of aromatic nitrogens is 4. The Kier molecular flexibility index (Phi) is 2.75. The molecule has 0 N–H and O–H groups in total. The molecular formula is C13H8F2N4. The minimum Gasteiger partial charge on any atom is -0.254 e. The first kappa shape index (κ1) is 11.5. The van der Waals surface area contributed by atoms with Gasteiger partial charge in [-0.05, 0) is 24.3 Å². The Morgan fingerprint density at radius 2 is 1.74 bits per heavy atom. The van der Waals surface area contributed by atoms with Gasteiger partial charge in [-0.1, -0.05) is 11.3 Å². The maximum Gasteiger partial charge on any atom is 0.131 e. The van der Waals surface area contributed by atoms with Gasteiger partial charge in [-0.15, -0.1) is 5.10 Å². The molecule has 0 unspecified atom stereocenters. The molecule has 0 bridgehead atoms. The SMILES string of the molecule is Fc1cc(F)cc(-n2cc(-c3ccccn3)nn2)c1. The largest absolute Gasteiger partial charge is 0.254 e. The van der Waals surface area contributed by atoms with E-state index in [0.717, 1.165) is 6.07 Å². The van der Waals surface area contributed by atoms with E-state index in [4.69, 9.17) is 0 Å². The number of pyridine rings is 1. The fraction of sp³-hybridized carbons (Fsp3) is 0. The maximum absolute atomic E-state index is 13.1. The lowest BCUT2D eigenvalue weighted by atomic mass is 10.3. The summed E-state index contributed by atoms with van der Waals surface area (Å²) in [5, 5.41) is 7.77. The molecule has 3 rings (SSSR count). The van der Waals surface area contributed by atoms with E-state index >= 15 is 0 Å². The first-order chi connectivity index (χ1) is 9.22. The normalized spacial score (nSPS) is 10.6. The van der Waals surface area contributed by atoms with Crippen LogP contribution in [0.3, 0.4) is 0 Å². The van der Waals surface area contributed by atoms with Crippen LogP contribution in [0.5, 0.6) is 0 Å². The van der Waals surface area contributed by atoms with Gasteiger partial charge in [0.15, 0.2) is 0 Å². The van der Waals surface area contributed by atoms with Gasteiger partial charge < -0.3 is 0 Å². The first-order valence-electron chi connectivity index (χ1n) is 5.52. The summed E-state index contributed by atoms with van der Waals surface area (Å²) in [6.07, 6.45) is 3.20. The zero-order valence-corrected chi connectivity index (χ0v) is 9.66. The molecule has 0 atom stereocenters. The topological polar surface area (TPSA) is 43.6 Å². The smallest absolute Gasteiger partial charge is 0.131 e. The standard InChI is InChI=1S/C13H8F2N4/c14-9-5-10(15)7-11(6-9)19-8-13(17-18-19)12-3-1-2-4-16-12/h1-8H. The molecule has 4 nitrogen and oxygen atoms in total. The fourth-order valence-electron chi connectivity index (χ4n) is 1.69. The van der Waals surface area contributed by atoms with Crippen molar-refractivity contribution in [3.05, 3.63) is 60.4 Å². The molecule has 0 aliphatic rings. The summed E-state index contributed by atoms with van der Waals surface area (Å²) in [6.45, 7) is 0. The molecule has 94 valence electrons. The van der Waals surface area contributed by atoms with Crippen molar-refractivity contribution >= 4 is 0 Å². The molecule has 1 aromatic carbocycles. The van der Waals surface area contributed by atoms with Crippen LogP contribution in [0.15, 0.2) is 48.8 Å². The van der Waals surface area contributed by atoms with Crippen molar-refractivity contribution in [2.75, 3.05) is 0 Å². The zero-order chi connectivity index (χ0) is 13.2. The number of rotatable bonds is 2. The molecule has 0 amide bonds. The van der Waals surface area contributed by atoms with Crippen LogP contribution in [-0.2, 0) is 0 Å². The van der Waals surface area contributed by atoms with E-state index in [0.29, 0.717) is 11.4 Å². The monoisotopic (exact) mass is 258 g/mol. The van der Waals surface area contributed by atoms with Gasteiger partial charge in [0.1, 0.15) is 17.3 Å². The van der Waals surface area contributed by atoms with Gasteiger partial charge in [-0.3, -0.25) is 4.98 Å². The molecule has 2 aromatic heterocycles. The van der Waals surface area contributed by atoms with Gasteiger partial charge in [0.05, 0.1) is 17.6 Å². The Balaban J connectivity index is 2.02. The minimum absolute atomic E-state index is 0.271. The summed E-state index contributed by atoms with van der Waals surface area (Å²) in [5.74, 6) is -1.32. The van der Waals surface area contributed by atoms with Gasteiger partial charge in [-0.25, -0.2) is 13.5 Å². The predicted molar refractivity (Wildman–Crippen MR) is 64.5 cm³/mol. The van der Waals surface area contributed by atoms with Crippen molar-refractivity contribution in [3.8, 4) is 17.1 Å². The molecule has 0 aliphatic carbocycles. The Labute approximate surface area is 107 Å². The molecule has 0 fully saturated rings. The summed E-state index contributed by atoms with van der Waals surface area (Å²) in [6, 6.07) is 8.56. The third kappa shape index (κ3) is 2.33. The van der Waals surface area contributed by atoms with Crippen LogP contribution in [-0.4, -0.2) is 20.0 Å². The van der Waals surface area contributed by atoms with E-state index in [1.165, 1.54) is 16.8 Å². The Hall–Kier alpha value is -2.63. The lowest BCUT2D eigenvalue weighted by molar-refractivity contribution is 0.579. The van der Waals surface area contributed by atoms with Crippen LogP contribution in [0.2, 0.25) is 0 Å². The van der Waals surface area contributed by atoms with Crippen LogP contribution < -0.4 is 0 Å². The van der Waals surface area contributed by atoms with Crippen molar-refractivity contribution in [2.45, 2.75) is 0 Å². The number of halogens is 2. The lowest BCUT2D eigenvalue weighted by Crippen LogP contribution is -1.96. The molecule has 0 saturated carbocycles. The summed E-state index contributed by atoms with van der Waals surface area (Å²) < 4.78 is 27.6. The van der Waals surface area contributed by atoms with Gasteiger partial charge in [0.2, 0.25) is 0 Å². The van der Waals surface area contributed by atoms with Crippen LogP contribution in [0.25, 0.3) is 17.1 Å². The van der Waals surface area contributed by atoms with Crippen molar-refractivity contribution in [1.29, 1.82) is 0 Å². The van der Waals surface area contributed by atoms with E-state index in [1.54, 1.807) is 24.5 Å². The van der Waals surface area contributed by atoms with Crippen molar-refractivity contribution in [2.24, 2.45) is 0 Å². The van der Waals surface area contributed by atoms with Crippen LogP contribution in [0, 0.1) is 11.6 Å². The minimum atomic E-state index is -0.662. The third-order valence-corrected chi connectivity index (χ3v) is 2.53. The van der Waals surface area contributed by atoms with E-state index in [9.17, 15) is 8.78 Å². The molecular weight excluding hydrogens is 250 g/mol. The summed E-state index contributed by atoms with van der Waals surface area (Å²) in [5.41, 5.74) is 1.45. The molecule has 19 heavy (non-hydrogen) atoms. The van der Waals surface area contributed by atoms with E-state index in [-0.39, 0.29) is 5.69 Å². The van der Waals surface area contributed by atoms with Crippen LogP contribution in [0.4, 0.5) is 8.78 Å². The van der Waals surface area contributed by atoms with Crippen molar-refractivity contribution < 1.29 is 8.78 Å². The maximum atomic E-state index is 13.1. The molecule has 0 spiro atoms. The Morgan fingerprint density at radius 3 is 2.42 bits per heavy atom. The predicted octanol–water partition coefficient (Wildman–Crippen LogP) is 2.61. The quantitative estimate of drug-likeness (QED) is 0.709. The summed E-state index contributed by atoms with van der Waals surface area (Å²) in [4.78, 5) is 4.13. The number of nitrogens with zero attached hydrogens (tertiary/aromatic N) is 4. The molecule has 2 heterocycles. The van der Waals surface area contributed by atoms with Crippen molar-refractivity contribution in [1.82, 2.24) is 20.0 Å². The Morgan fingerprint density at radius 1 is 0.947 bits per heavy atom. The summed E-state index contributed by atoms with van der Waals surface area (Å²) in [7, 11) is 0. The van der Waals surface area contributed by atoms with Gasteiger partial charge in [0, 0.05) is 12.3 Å². The number of benzene rings is 1. The van der Waals surface area contributed by atoms with E-state index < -0.39 is 11.6 Å². The highest BCUT2D eigenvalue weighted by molar-refractivity contribution is 5.52. The first-order valence-corrected chi connectivity index (χ1v) is 5.52. The zero-order valence-electron chi connectivity index (χ0n) is 9.66. The van der Waals surface area contributed by atoms with Gasteiger partial charge in [0.25, 0.3) is 0 Å². The summed E-state index contributed by atoms with van der Waals surface area (Å²) >= 11 is 0. The molecule has 3 aromatic rings. The molecule has 6 heteroatoms. The Bertz CT molecular complexity index is 689. The average Bonchev–Trinajstić information content (AvgIpc) is 2.88. The molecule has 0 aliphatic heterocycles. The van der Waals surface area contributed by atoms with Crippen LogP contribution >= 0.6 is 0 Å². The van der Waals surface area contributed by atoms with Gasteiger partial charge >= 0.3 is 0 Å². The number of hydrogen-bond acceptors (Lipinski definition) is 3. The van der Waals surface area contributed by atoms with Gasteiger partial charge in [-0.2, -0.15) is 0 Å². The molecule has 0 saturated heterocycles. The second-order valence-electron chi connectivity index (χ2n) is 3.89. The average molecular weight is 258 g/mol. The second-order valence-corrected chi connectivity index (χ2v) is 3.89. The third-order valence-electron chi connectivity index (χ3n) is 2.53. The van der Waals surface area contributed by atoms with Crippen molar-refractivity contribution in [3.63, 3.8) is 0 Å². The van der Waals surface area contributed by atoms with E-state index in [2.05, 4.69) is 15.3 Å². The fourth-order valence-corrected chi connectivity index (χ4v) is 1.69. The number of hydrogen-bond donors (Lipinski definition) is 0. The highest BCUT2D eigenvalue weighted by atomic mass is 19.1.